The number of thiophene rings is 1. The Morgan fingerprint density at radius 2 is 1.96 bits per heavy atom. The van der Waals surface area contributed by atoms with Crippen molar-refractivity contribution in [2.75, 3.05) is 12.4 Å². The Morgan fingerprint density at radius 1 is 1.20 bits per heavy atom. The fourth-order valence-electron chi connectivity index (χ4n) is 2.68. The fraction of sp³-hybridized carbons (Fsp3) is 0.368. The summed E-state index contributed by atoms with van der Waals surface area (Å²) in [6, 6.07) is 12.9. The molecular formula is C19H21NO3S2. The summed E-state index contributed by atoms with van der Waals surface area (Å²) < 4.78 is 5.43. The first kappa shape index (κ1) is 18.0. The van der Waals surface area contributed by atoms with Crippen LogP contribution >= 0.6 is 23.1 Å². The highest BCUT2D eigenvalue weighted by Gasteiger charge is 2.43. The van der Waals surface area contributed by atoms with Gasteiger partial charge in [-0.3, -0.25) is 4.79 Å². The number of hydrogen-bond donors (Lipinski definition) is 0. The number of esters is 1. The van der Waals surface area contributed by atoms with Crippen LogP contribution in [0.3, 0.4) is 0 Å². The molecule has 4 nitrogen and oxygen atoms in total. The predicted octanol–water partition coefficient (Wildman–Crippen LogP) is 4.20. The maximum atomic E-state index is 13.1. The van der Waals surface area contributed by atoms with E-state index in [0.717, 1.165) is 5.56 Å². The van der Waals surface area contributed by atoms with Crippen molar-refractivity contribution in [2.24, 2.45) is 5.92 Å². The zero-order valence-corrected chi connectivity index (χ0v) is 15.9. The van der Waals surface area contributed by atoms with Crippen molar-refractivity contribution in [1.29, 1.82) is 0 Å². The lowest BCUT2D eigenvalue weighted by molar-refractivity contribution is -0.149. The van der Waals surface area contributed by atoms with Crippen LogP contribution in [-0.2, 0) is 9.53 Å². The van der Waals surface area contributed by atoms with Gasteiger partial charge in [-0.15, -0.1) is 23.1 Å². The molecule has 0 saturated carbocycles. The van der Waals surface area contributed by atoms with Crippen LogP contribution in [-0.4, -0.2) is 35.2 Å². The number of benzene rings is 1. The molecule has 25 heavy (non-hydrogen) atoms. The van der Waals surface area contributed by atoms with E-state index in [0.29, 0.717) is 17.2 Å². The number of hydrogen-bond acceptors (Lipinski definition) is 5. The maximum Gasteiger partial charge on any atom is 0.329 e. The third-order valence-corrected chi connectivity index (χ3v) is 6.06. The number of carbonyl (C=O) groups is 2. The number of rotatable bonds is 5. The average Bonchev–Trinajstić information content (AvgIpc) is 3.29. The van der Waals surface area contributed by atoms with Crippen LogP contribution in [0.2, 0.25) is 0 Å². The topological polar surface area (TPSA) is 46.6 Å². The summed E-state index contributed by atoms with van der Waals surface area (Å²) in [6.07, 6.45) is 0. The largest absolute Gasteiger partial charge is 0.464 e. The van der Waals surface area contributed by atoms with Crippen molar-refractivity contribution < 1.29 is 14.3 Å². The molecular weight excluding hydrogens is 354 g/mol. The van der Waals surface area contributed by atoms with Crippen LogP contribution in [0.25, 0.3) is 0 Å². The molecule has 6 heteroatoms. The lowest BCUT2D eigenvalue weighted by Crippen LogP contribution is -2.43. The molecule has 3 rings (SSSR count). The van der Waals surface area contributed by atoms with Gasteiger partial charge in [0.15, 0.2) is 0 Å². The molecule has 132 valence electrons. The zero-order valence-electron chi connectivity index (χ0n) is 14.3. The van der Waals surface area contributed by atoms with Gasteiger partial charge in [-0.05, 0) is 22.9 Å². The molecule has 1 aliphatic rings. The first-order valence-corrected chi connectivity index (χ1v) is 10.2. The third-order valence-electron chi connectivity index (χ3n) is 3.88. The van der Waals surface area contributed by atoms with Crippen molar-refractivity contribution in [1.82, 2.24) is 4.90 Å². The molecule has 0 spiro atoms. The van der Waals surface area contributed by atoms with Gasteiger partial charge < -0.3 is 9.64 Å². The second-order valence-electron chi connectivity index (χ2n) is 6.33. The molecule has 1 aromatic heterocycles. The van der Waals surface area contributed by atoms with Gasteiger partial charge in [0.25, 0.3) is 5.91 Å². The Morgan fingerprint density at radius 3 is 2.60 bits per heavy atom. The number of ether oxygens (including phenoxy) is 1. The van der Waals surface area contributed by atoms with Crippen molar-refractivity contribution in [3.8, 4) is 0 Å². The quantitative estimate of drug-likeness (QED) is 0.735. The van der Waals surface area contributed by atoms with Gasteiger partial charge in [0, 0.05) is 5.75 Å². The van der Waals surface area contributed by atoms with Gasteiger partial charge in [0.05, 0.1) is 11.5 Å². The lowest BCUT2D eigenvalue weighted by atomic mass is 10.1. The van der Waals surface area contributed by atoms with Gasteiger partial charge in [0.1, 0.15) is 11.4 Å². The van der Waals surface area contributed by atoms with E-state index in [9.17, 15) is 9.59 Å². The van der Waals surface area contributed by atoms with Crippen LogP contribution in [0.5, 0.6) is 0 Å². The van der Waals surface area contributed by atoms with E-state index < -0.39 is 6.04 Å². The molecule has 0 bridgehead atoms. The summed E-state index contributed by atoms with van der Waals surface area (Å²) in [5, 5.41) is 1.70. The third kappa shape index (κ3) is 4.07. The van der Waals surface area contributed by atoms with E-state index in [-0.39, 0.29) is 23.2 Å². The van der Waals surface area contributed by atoms with Crippen molar-refractivity contribution in [3.63, 3.8) is 0 Å². The van der Waals surface area contributed by atoms with Gasteiger partial charge in [-0.1, -0.05) is 50.2 Å². The summed E-state index contributed by atoms with van der Waals surface area (Å²) in [4.78, 5) is 28.0. The Balaban J connectivity index is 1.87. The van der Waals surface area contributed by atoms with Crippen LogP contribution in [0.1, 0.15) is 34.5 Å². The molecule has 1 fully saturated rings. The molecule has 1 saturated heterocycles. The molecule has 1 amide bonds. The highest BCUT2D eigenvalue weighted by molar-refractivity contribution is 7.99. The van der Waals surface area contributed by atoms with Crippen molar-refractivity contribution in [3.05, 3.63) is 58.3 Å². The average molecular weight is 376 g/mol. The Kier molecular flexibility index (Phi) is 5.81. The van der Waals surface area contributed by atoms with E-state index in [1.165, 1.54) is 11.3 Å². The fourth-order valence-corrected chi connectivity index (χ4v) is 4.76. The molecule has 2 aromatic rings. The van der Waals surface area contributed by atoms with Crippen LogP contribution in [0, 0.1) is 5.92 Å². The standard InChI is InChI=1S/C19H21NO3S2/c1-13(2)11-23-19(22)15-12-25-18(14-7-4-3-5-8-14)20(15)17(21)16-9-6-10-24-16/h3-10,13,15,18H,11-12H2,1-2H3/t15-,18+/m0/s1. The highest BCUT2D eigenvalue weighted by Crippen LogP contribution is 2.42. The summed E-state index contributed by atoms with van der Waals surface area (Å²) in [5.74, 6) is 0.391. The Bertz CT molecular complexity index is 716. The molecule has 1 aliphatic heterocycles. The number of carbonyl (C=O) groups excluding carboxylic acids is 2. The van der Waals surface area contributed by atoms with Gasteiger partial charge >= 0.3 is 5.97 Å². The molecule has 0 N–H and O–H groups in total. The van der Waals surface area contributed by atoms with Gasteiger partial charge in [0.2, 0.25) is 0 Å². The molecule has 2 atom stereocenters. The SMILES string of the molecule is CC(C)COC(=O)[C@@H]1CS[C@H](c2ccccc2)N1C(=O)c1cccs1. The summed E-state index contributed by atoms with van der Waals surface area (Å²) in [5.41, 5.74) is 1.02. The maximum absolute atomic E-state index is 13.1. The number of nitrogens with zero attached hydrogens (tertiary/aromatic N) is 1. The van der Waals surface area contributed by atoms with E-state index in [4.69, 9.17) is 4.74 Å². The van der Waals surface area contributed by atoms with Gasteiger partial charge in [-0.2, -0.15) is 0 Å². The number of thioether (sulfide) groups is 1. The highest BCUT2D eigenvalue weighted by atomic mass is 32.2. The van der Waals surface area contributed by atoms with Gasteiger partial charge in [-0.25, -0.2) is 4.79 Å². The first-order chi connectivity index (χ1) is 12.1. The minimum Gasteiger partial charge on any atom is -0.464 e. The summed E-state index contributed by atoms with van der Waals surface area (Å²) in [7, 11) is 0. The minimum absolute atomic E-state index is 0.111. The Hall–Kier alpha value is -1.79. The summed E-state index contributed by atoms with van der Waals surface area (Å²) >= 11 is 3.00. The first-order valence-electron chi connectivity index (χ1n) is 8.27. The van der Waals surface area contributed by atoms with Crippen molar-refractivity contribution in [2.45, 2.75) is 25.3 Å². The van der Waals surface area contributed by atoms with E-state index in [2.05, 4.69) is 0 Å². The van der Waals surface area contributed by atoms with Crippen LogP contribution in [0.4, 0.5) is 0 Å². The zero-order chi connectivity index (χ0) is 17.8. The minimum atomic E-state index is -0.552. The normalized spacial score (nSPS) is 20.0. The monoisotopic (exact) mass is 375 g/mol. The predicted molar refractivity (Wildman–Crippen MR) is 102 cm³/mol. The van der Waals surface area contributed by atoms with Crippen molar-refractivity contribution >= 4 is 35.0 Å². The van der Waals surface area contributed by atoms with E-state index in [1.807, 2.05) is 55.6 Å². The second kappa shape index (κ2) is 8.06. The number of amides is 1. The van der Waals surface area contributed by atoms with Crippen LogP contribution in [0.15, 0.2) is 47.8 Å². The van der Waals surface area contributed by atoms with E-state index >= 15 is 0 Å². The molecule has 2 heterocycles. The van der Waals surface area contributed by atoms with Crippen LogP contribution < -0.4 is 0 Å². The molecule has 1 aromatic carbocycles. The molecule has 0 radical (unpaired) electrons. The smallest absolute Gasteiger partial charge is 0.329 e. The Labute approximate surface area is 156 Å². The molecule has 0 aliphatic carbocycles. The van der Waals surface area contributed by atoms with E-state index in [1.54, 1.807) is 22.7 Å². The summed E-state index contributed by atoms with van der Waals surface area (Å²) in [6.45, 7) is 4.37. The lowest BCUT2D eigenvalue weighted by Gasteiger charge is -2.28. The second-order valence-corrected chi connectivity index (χ2v) is 8.39. The molecule has 0 unspecified atom stereocenters.